The Hall–Kier alpha value is -1.14. The highest BCUT2D eigenvalue weighted by molar-refractivity contribution is 7.09. The fraction of sp³-hybridized carbons (Fsp3) is 0.733. The number of thiazole rings is 1. The van der Waals surface area contributed by atoms with Gasteiger partial charge in [-0.1, -0.05) is 0 Å². The number of hydrogen-bond donors (Lipinski definition) is 1. The third-order valence-electron chi connectivity index (χ3n) is 3.39. The van der Waals surface area contributed by atoms with E-state index in [4.69, 9.17) is 4.74 Å². The number of rotatable bonds is 4. The minimum atomic E-state index is -0.422. The van der Waals surface area contributed by atoms with E-state index in [-0.39, 0.29) is 6.09 Å². The van der Waals surface area contributed by atoms with Crippen molar-refractivity contribution in [3.63, 3.8) is 0 Å². The van der Waals surface area contributed by atoms with Crippen molar-refractivity contribution in [1.82, 2.24) is 15.2 Å². The Morgan fingerprint density at radius 1 is 1.57 bits per heavy atom. The topological polar surface area (TPSA) is 54.5 Å². The fourth-order valence-electron chi connectivity index (χ4n) is 2.45. The molecular weight excluding hydrogens is 286 g/mol. The average Bonchev–Trinajstić information content (AvgIpc) is 2.90. The lowest BCUT2D eigenvalue weighted by Crippen LogP contribution is -2.44. The fourth-order valence-corrected chi connectivity index (χ4v) is 3.02. The molecule has 1 atom stereocenters. The second-order valence-corrected chi connectivity index (χ2v) is 7.50. The Labute approximate surface area is 130 Å². The van der Waals surface area contributed by atoms with Gasteiger partial charge in [-0.25, -0.2) is 4.79 Å². The van der Waals surface area contributed by atoms with Gasteiger partial charge in [0.1, 0.15) is 5.60 Å². The minimum absolute atomic E-state index is 0.186. The van der Waals surface area contributed by atoms with Crippen LogP contribution in [0.3, 0.4) is 0 Å². The summed E-state index contributed by atoms with van der Waals surface area (Å²) in [6.07, 6.45) is 3.92. The van der Waals surface area contributed by atoms with Crippen molar-refractivity contribution < 1.29 is 9.53 Å². The first-order valence-electron chi connectivity index (χ1n) is 7.50. The van der Waals surface area contributed by atoms with Crippen LogP contribution in [-0.2, 0) is 11.3 Å². The first-order chi connectivity index (χ1) is 9.94. The molecule has 0 aromatic carbocycles. The highest BCUT2D eigenvalue weighted by atomic mass is 32.1. The molecule has 0 saturated carbocycles. The van der Waals surface area contributed by atoms with Crippen molar-refractivity contribution in [3.8, 4) is 0 Å². The zero-order chi connectivity index (χ0) is 15.3. The summed E-state index contributed by atoms with van der Waals surface area (Å²) in [5.41, 5.74) is 1.43. The Morgan fingerprint density at radius 3 is 3.05 bits per heavy atom. The number of likely N-dealkylation sites (tertiary alicyclic amines) is 1. The SMILES string of the molecule is CC(C)(C)OC(=O)N1CCC[C@@H](CNCc2cncs2)C1. The summed E-state index contributed by atoms with van der Waals surface area (Å²) in [4.78, 5) is 19.2. The van der Waals surface area contributed by atoms with E-state index >= 15 is 0 Å². The van der Waals surface area contributed by atoms with E-state index in [0.29, 0.717) is 5.92 Å². The highest BCUT2D eigenvalue weighted by Gasteiger charge is 2.27. The second-order valence-electron chi connectivity index (χ2n) is 6.53. The van der Waals surface area contributed by atoms with E-state index in [2.05, 4.69) is 10.3 Å². The number of aromatic nitrogens is 1. The zero-order valence-corrected chi connectivity index (χ0v) is 13.9. The van der Waals surface area contributed by atoms with Gasteiger partial charge in [-0.2, -0.15) is 0 Å². The summed E-state index contributed by atoms with van der Waals surface area (Å²) in [6.45, 7) is 9.09. The molecule has 1 aliphatic heterocycles. The normalized spacial score (nSPS) is 19.6. The maximum Gasteiger partial charge on any atom is 0.410 e. The summed E-state index contributed by atoms with van der Waals surface area (Å²) in [5.74, 6) is 0.499. The Kier molecular flexibility index (Phi) is 5.58. The molecule has 2 heterocycles. The third kappa shape index (κ3) is 5.63. The van der Waals surface area contributed by atoms with Crippen LogP contribution in [0.5, 0.6) is 0 Å². The predicted octanol–water partition coefficient (Wildman–Crippen LogP) is 2.88. The highest BCUT2D eigenvalue weighted by Crippen LogP contribution is 2.19. The maximum absolute atomic E-state index is 12.1. The van der Waals surface area contributed by atoms with Gasteiger partial charge >= 0.3 is 6.09 Å². The van der Waals surface area contributed by atoms with Gasteiger partial charge < -0.3 is 15.0 Å². The second kappa shape index (κ2) is 7.22. The zero-order valence-electron chi connectivity index (χ0n) is 13.1. The van der Waals surface area contributed by atoms with Crippen LogP contribution in [0.2, 0.25) is 0 Å². The monoisotopic (exact) mass is 311 g/mol. The molecule has 1 amide bonds. The molecule has 1 aliphatic rings. The van der Waals surface area contributed by atoms with Crippen molar-refractivity contribution in [3.05, 3.63) is 16.6 Å². The quantitative estimate of drug-likeness (QED) is 0.929. The van der Waals surface area contributed by atoms with Crippen LogP contribution >= 0.6 is 11.3 Å². The molecule has 2 rings (SSSR count). The molecule has 1 fully saturated rings. The lowest BCUT2D eigenvalue weighted by molar-refractivity contribution is 0.0166. The van der Waals surface area contributed by atoms with Crippen molar-refractivity contribution in [1.29, 1.82) is 0 Å². The molecular formula is C15H25N3O2S. The molecule has 0 unspecified atom stereocenters. The molecule has 21 heavy (non-hydrogen) atoms. The molecule has 5 nitrogen and oxygen atoms in total. The maximum atomic E-state index is 12.1. The summed E-state index contributed by atoms with van der Waals surface area (Å²) >= 11 is 1.66. The average molecular weight is 311 g/mol. The lowest BCUT2D eigenvalue weighted by atomic mass is 9.98. The molecule has 1 aromatic heterocycles. The Balaban J connectivity index is 1.74. The van der Waals surface area contributed by atoms with Gasteiger partial charge in [0, 0.05) is 30.7 Å². The summed E-state index contributed by atoms with van der Waals surface area (Å²) in [6, 6.07) is 0. The molecule has 1 saturated heterocycles. The van der Waals surface area contributed by atoms with Crippen molar-refractivity contribution >= 4 is 17.4 Å². The van der Waals surface area contributed by atoms with E-state index < -0.39 is 5.60 Å². The standard InChI is InChI=1S/C15H25N3O2S/c1-15(2,3)20-14(19)18-6-4-5-12(10-18)7-16-8-13-9-17-11-21-13/h9,11-12,16H,4-8,10H2,1-3H3/t12-/m0/s1. The van der Waals surface area contributed by atoms with Gasteiger partial charge in [-0.05, 0) is 46.1 Å². The van der Waals surface area contributed by atoms with Crippen LogP contribution in [-0.4, -0.2) is 41.2 Å². The van der Waals surface area contributed by atoms with Gasteiger partial charge in [0.05, 0.1) is 5.51 Å². The number of ether oxygens (including phenoxy) is 1. The van der Waals surface area contributed by atoms with Crippen LogP contribution in [0.1, 0.15) is 38.5 Å². The van der Waals surface area contributed by atoms with Gasteiger partial charge in [-0.3, -0.25) is 4.98 Å². The van der Waals surface area contributed by atoms with Crippen LogP contribution in [0.4, 0.5) is 4.79 Å². The number of hydrogen-bond acceptors (Lipinski definition) is 5. The van der Waals surface area contributed by atoms with Crippen LogP contribution in [0.15, 0.2) is 11.7 Å². The van der Waals surface area contributed by atoms with Gasteiger partial charge in [0.15, 0.2) is 0 Å². The molecule has 6 heteroatoms. The van der Waals surface area contributed by atoms with E-state index in [9.17, 15) is 4.79 Å². The Morgan fingerprint density at radius 2 is 2.38 bits per heavy atom. The molecule has 0 spiro atoms. The lowest BCUT2D eigenvalue weighted by Gasteiger charge is -2.34. The summed E-state index contributed by atoms with van der Waals surface area (Å²) in [7, 11) is 0. The van der Waals surface area contributed by atoms with Crippen LogP contribution < -0.4 is 5.32 Å². The molecule has 0 bridgehead atoms. The number of amides is 1. The van der Waals surface area contributed by atoms with E-state index in [1.54, 1.807) is 11.3 Å². The van der Waals surface area contributed by atoms with E-state index in [1.807, 2.05) is 37.4 Å². The van der Waals surface area contributed by atoms with Crippen LogP contribution in [0.25, 0.3) is 0 Å². The third-order valence-corrected chi connectivity index (χ3v) is 4.17. The summed E-state index contributed by atoms with van der Waals surface area (Å²) in [5, 5.41) is 3.46. The number of carbonyl (C=O) groups excluding carboxylic acids is 1. The first kappa shape index (κ1) is 16.2. The molecule has 118 valence electrons. The molecule has 1 N–H and O–H groups in total. The largest absolute Gasteiger partial charge is 0.444 e. The van der Waals surface area contributed by atoms with E-state index in [0.717, 1.165) is 39.0 Å². The number of nitrogens with one attached hydrogen (secondary N) is 1. The molecule has 0 aliphatic carbocycles. The van der Waals surface area contributed by atoms with Gasteiger partial charge in [-0.15, -0.1) is 11.3 Å². The number of nitrogens with zero attached hydrogens (tertiary/aromatic N) is 2. The van der Waals surface area contributed by atoms with Gasteiger partial charge in [0.25, 0.3) is 0 Å². The van der Waals surface area contributed by atoms with Crippen molar-refractivity contribution in [2.45, 2.75) is 45.8 Å². The first-order valence-corrected chi connectivity index (χ1v) is 8.38. The van der Waals surface area contributed by atoms with E-state index in [1.165, 1.54) is 4.88 Å². The minimum Gasteiger partial charge on any atom is -0.444 e. The summed E-state index contributed by atoms with van der Waals surface area (Å²) < 4.78 is 5.45. The van der Waals surface area contributed by atoms with Crippen molar-refractivity contribution in [2.24, 2.45) is 5.92 Å². The smallest absolute Gasteiger partial charge is 0.410 e. The number of piperidine rings is 1. The Bertz CT molecular complexity index is 442. The van der Waals surface area contributed by atoms with Gasteiger partial charge in [0.2, 0.25) is 0 Å². The van der Waals surface area contributed by atoms with Crippen LogP contribution in [0, 0.1) is 5.92 Å². The molecule has 1 aromatic rings. The van der Waals surface area contributed by atoms with Crippen molar-refractivity contribution in [2.75, 3.05) is 19.6 Å². The predicted molar refractivity (Wildman–Crippen MR) is 84.4 cm³/mol. The number of carbonyl (C=O) groups is 1. The molecule has 0 radical (unpaired) electrons.